The van der Waals surface area contributed by atoms with Gasteiger partial charge in [0.2, 0.25) is 0 Å². The van der Waals surface area contributed by atoms with Crippen LogP contribution < -0.4 is 0 Å². The van der Waals surface area contributed by atoms with Gasteiger partial charge in [0.05, 0.1) is 0 Å². The summed E-state index contributed by atoms with van der Waals surface area (Å²) in [6, 6.07) is 64.7. The summed E-state index contributed by atoms with van der Waals surface area (Å²) in [6.45, 7) is 6.44. The predicted octanol–water partition coefficient (Wildman–Crippen LogP) is 13.6. The van der Waals surface area contributed by atoms with Crippen LogP contribution in [0.15, 0.2) is 182 Å². The van der Waals surface area contributed by atoms with Crippen molar-refractivity contribution in [2.75, 3.05) is 0 Å². The summed E-state index contributed by atoms with van der Waals surface area (Å²) in [5, 5.41) is 8.06. The maximum absolute atomic E-state index is 2.26. The molecular weight excluding hydrogens is 668 g/mol. The van der Waals surface area contributed by atoms with Crippen LogP contribution in [-0.4, -0.2) is 0 Å². The Morgan fingerprint density at radius 2 is 0.571 bits per heavy atom. The van der Waals surface area contributed by atoms with E-state index in [2.05, 4.69) is 203 Å². The summed E-state index contributed by atoms with van der Waals surface area (Å²) in [4.78, 5) is 0. The molecule has 9 aromatic rings. The monoisotopic (exact) mass is 705 g/mol. The fourth-order valence-corrected chi connectivity index (χ4v) is 6.76. The van der Waals surface area contributed by atoms with Crippen molar-refractivity contribution >= 4 is 32.3 Å². The molecule has 0 spiro atoms. The molecule has 0 N–H and O–H groups in total. The second kappa shape index (κ2) is 15.5. The Morgan fingerprint density at radius 1 is 0.306 bits per heavy atom. The second-order valence-electron chi connectivity index (χ2n) is 12.6. The molecule has 0 aliphatic rings. The Balaban J connectivity index is 0.000000126. The minimum absolute atomic E-state index is 0. The molecule has 9 rings (SSSR count). The Kier molecular flexibility index (Phi) is 10.7. The molecule has 0 unspecified atom stereocenters. The second-order valence-corrected chi connectivity index (χ2v) is 12.6. The van der Waals surface area contributed by atoms with Crippen LogP contribution in [0.4, 0.5) is 0 Å². The van der Waals surface area contributed by atoms with Gasteiger partial charge < -0.3 is 0 Å². The van der Waals surface area contributed by atoms with Crippen molar-refractivity contribution in [2.24, 2.45) is 0 Å². The Morgan fingerprint density at radius 3 is 0.837 bits per heavy atom. The average molecular weight is 707 g/mol. The number of hydrogen-bond donors (Lipinski definition) is 0. The summed E-state index contributed by atoms with van der Waals surface area (Å²) >= 11 is 0. The van der Waals surface area contributed by atoms with E-state index in [9.17, 15) is 0 Å². The van der Waals surface area contributed by atoms with Crippen LogP contribution in [0.5, 0.6) is 0 Å². The first-order valence-corrected chi connectivity index (χ1v) is 16.7. The van der Waals surface area contributed by atoms with E-state index in [0.717, 1.165) is 0 Å². The molecule has 0 saturated heterocycles. The van der Waals surface area contributed by atoms with Crippen molar-refractivity contribution in [1.29, 1.82) is 0 Å². The van der Waals surface area contributed by atoms with Gasteiger partial charge in [-0.15, -0.1) is 104 Å². The molecule has 0 aromatic heterocycles. The molecule has 0 aliphatic carbocycles. The third-order valence-corrected chi connectivity index (χ3v) is 8.94. The fraction of sp³-hybridized carbons (Fsp3) is 0.0625. The van der Waals surface area contributed by atoms with E-state index in [4.69, 9.17) is 0 Å². The number of benzene rings is 6. The topological polar surface area (TPSA) is 0 Å². The Hall–Kier alpha value is -4.97. The van der Waals surface area contributed by atoms with Crippen molar-refractivity contribution in [3.63, 3.8) is 0 Å². The zero-order valence-electron chi connectivity index (χ0n) is 28.3. The van der Waals surface area contributed by atoms with Gasteiger partial charge in [-0.25, -0.2) is 0 Å². The normalized spacial score (nSPS) is 10.6. The van der Waals surface area contributed by atoms with Gasteiger partial charge in [0, 0.05) is 0 Å². The van der Waals surface area contributed by atoms with E-state index in [0.29, 0.717) is 0 Å². The predicted molar refractivity (Wildman–Crippen MR) is 209 cm³/mol. The quantitative estimate of drug-likeness (QED) is 0.160. The maximum atomic E-state index is 2.26. The van der Waals surface area contributed by atoms with Crippen molar-refractivity contribution in [1.82, 2.24) is 0 Å². The number of fused-ring (bicyclic) bond motifs is 3. The molecular formula is C48H39Zr. The summed E-state index contributed by atoms with van der Waals surface area (Å²) in [5.41, 5.74) is 11.8. The Labute approximate surface area is 309 Å². The molecule has 235 valence electrons. The van der Waals surface area contributed by atoms with Crippen LogP contribution in [0.3, 0.4) is 0 Å². The van der Waals surface area contributed by atoms with Gasteiger partial charge in [-0.05, 0) is 16.7 Å². The molecule has 9 aromatic carbocycles. The SMILES string of the molecule is Cc1cc2c(-c3ccccc3)cccc2[cH-]1.Cc1cc2c(-c3ccccc3)cccc2[cH-]1.Cc1cc2c(-c3ccccc3)cccc2[cH-]1.[Zr+3]. The van der Waals surface area contributed by atoms with Gasteiger partial charge >= 0.3 is 26.2 Å². The van der Waals surface area contributed by atoms with Crippen molar-refractivity contribution in [2.45, 2.75) is 20.8 Å². The molecule has 0 heterocycles. The van der Waals surface area contributed by atoms with Gasteiger partial charge in [-0.1, -0.05) is 147 Å². The maximum Gasteiger partial charge on any atom is 3.00 e. The molecule has 1 heteroatoms. The third kappa shape index (κ3) is 7.70. The largest absolute Gasteiger partial charge is 3.00 e. The van der Waals surface area contributed by atoms with Gasteiger partial charge in [0.25, 0.3) is 0 Å². The van der Waals surface area contributed by atoms with E-state index < -0.39 is 0 Å². The van der Waals surface area contributed by atoms with Gasteiger partial charge in [0.15, 0.2) is 0 Å². The van der Waals surface area contributed by atoms with E-state index in [1.807, 2.05) is 0 Å². The fourth-order valence-electron chi connectivity index (χ4n) is 6.76. The van der Waals surface area contributed by atoms with Gasteiger partial charge in [-0.3, -0.25) is 0 Å². The molecule has 0 fully saturated rings. The van der Waals surface area contributed by atoms with Gasteiger partial charge in [-0.2, -0.15) is 18.2 Å². The molecule has 0 nitrogen and oxygen atoms in total. The summed E-state index contributed by atoms with van der Waals surface area (Å²) in [6.07, 6.45) is 0. The first-order valence-electron chi connectivity index (χ1n) is 16.7. The van der Waals surface area contributed by atoms with Gasteiger partial charge in [0.1, 0.15) is 0 Å². The molecule has 0 aliphatic heterocycles. The molecule has 0 amide bonds. The van der Waals surface area contributed by atoms with E-state index >= 15 is 0 Å². The van der Waals surface area contributed by atoms with Crippen LogP contribution in [-0.2, 0) is 26.2 Å². The van der Waals surface area contributed by atoms with E-state index in [-0.39, 0.29) is 26.2 Å². The standard InChI is InChI=1S/3C16H13.Zr/c3*1-12-10-14-8-5-9-15(16(14)11-12)13-6-3-2-4-7-13;/h3*2-11H,1H3;/q3*-1;+3. The smallest absolute Gasteiger partial charge is 0.165 e. The average Bonchev–Trinajstić information content (AvgIpc) is 3.83. The Bertz CT molecular complexity index is 2130. The molecule has 0 saturated carbocycles. The minimum Gasteiger partial charge on any atom is -0.165 e. The van der Waals surface area contributed by atoms with Crippen molar-refractivity contribution in [3.8, 4) is 33.4 Å². The molecule has 1 radical (unpaired) electrons. The number of rotatable bonds is 3. The number of aryl methyl sites for hydroxylation is 3. The summed E-state index contributed by atoms with van der Waals surface area (Å²) < 4.78 is 0. The van der Waals surface area contributed by atoms with Crippen molar-refractivity contribution < 1.29 is 26.2 Å². The minimum atomic E-state index is 0. The zero-order chi connectivity index (χ0) is 32.9. The molecule has 0 atom stereocenters. The van der Waals surface area contributed by atoms with Crippen LogP contribution >= 0.6 is 0 Å². The third-order valence-electron chi connectivity index (χ3n) is 8.94. The first kappa shape index (κ1) is 33.9. The van der Waals surface area contributed by atoms with Crippen LogP contribution in [0.1, 0.15) is 16.7 Å². The van der Waals surface area contributed by atoms with E-state index in [1.54, 1.807) is 0 Å². The van der Waals surface area contributed by atoms with Crippen LogP contribution in [0, 0.1) is 20.8 Å². The first-order chi connectivity index (χ1) is 23.5. The van der Waals surface area contributed by atoms with Crippen LogP contribution in [0.25, 0.3) is 65.7 Å². The van der Waals surface area contributed by atoms with E-state index in [1.165, 1.54) is 82.4 Å². The van der Waals surface area contributed by atoms with Crippen LogP contribution in [0.2, 0.25) is 0 Å². The number of hydrogen-bond acceptors (Lipinski definition) is 0. The summed E-state index contributed by atoms with van der Waals surface area (Å²) in [5.74, 6) is 0. The summed E-state index contributed by atoms with van der Waals surface area (Å²) in [7, 11) is 0. The van der Waals surface area contributed by atoms with Crippen molar-refractivity contribution in [3.05, 3.63) is 199 Å². The molecule has 0 bridgehead atoms. The zero-order valence-corrected chi connectivity index (χ0v) is 30.8. The molecule has 49 heavy (non-hydrogen) atoms.